The summed E-state index contributed by atoms with van der Waals surface area (Å²) < 4.78 is 20.1. The zero-order valence-electron chi connectivity index (χ0n) is 17.9. The molecule has 4 rings (SSSR count). The summed E-state index contributed by atoms with van der Waals surface area (Å²) in [5.41, 5.74) is 1.72. The SMILES string of the molecule is O=C(CN1C(=O)/C(=C/c2ccccc2F)OC2CCCCC21)NCCC1=CCCCC1. The van der Waals surface area contributed by atoms with E-state index in [4.69, 9.17) is 4.74 Å². The number of nitrogens with zero attached hydrogens (tertiary/aromatic N) is 1. The normalized spacial score (nSPS) is 24.9. The molecule has 1 heterocycles. The van der Waals surface area contributed by atoms with Gasteiger partial charge in [-0.3, -0.25) is 9.59 Å². The first-order valence-electron chi connectivity index (χ1n) is 11.5. The summed E-state index contributed by atoms with van der Waals surface area (Å²) in [5, 5.41) is 2.97. The van der Waals surface area contributed by atoms with Crippen molar-refractivity contribution in [2.45, 2.75) is 69.9 Å². The molecule has 3 aliphatic rings. The Bertz CT molecular complexity index is 879. The number of halogens is 1. The van der Waals surface area contributed by atoms with Crippen molar-refractivity contribution in [3.8, 4) is 0 Å². The van der Waals surface area contributed by atoms with Gasteiger partial charge in [0.25, 0.3) is 5.91 Å². The van der Waals surface area contributed by atoms with E-state index in [2.05, 4.69) is 11.4 Å². The second kappa shape index (κ2) is 10.1. The van der Waals surface area contributed by atoms with E-state index in [0.29, 0.717) is 12.1 Å². The lowest BCUT2D eigenvalue weighted by Gasteiger charge is -2.44. The van der Waals surface area contributed by atoms with Crippen molar-refractivity contribution in [1.82, 2.24) is 10.2 Å². The molecule has 1 aromatic rings. The Kier molecular flexibility index (Phi) is 7.05. The number of ether oxygens (including phenoxy) is 1. The summed E-state index contributed by atoms with van der Waals surface area (Å²) >= 11 is 0. The number of benzene rings is 1. The standard InChI is InChI=1S/C25H31FN2O3/c26-20-11-5-4-10-19(20)16-23-25(30)28(21-12-6-7-13-22(21)31-23)17-24(29)27-15-14-18-8-2-1-3-9-18/h4-5,8,10-11,16,21-22H,1-3,6-7,9,12-15,17H2,(H,27,29)/b23-16-. The predicted octanol–water partition coefficient (Wildman–Crippen LogP) is 4.34. The zero-order chi connectivity index (χ0) is 21.6. The topological polar surface area (TPSA) is 58.6 Å². The maximum Gasteiger partial charge on any atom is 0.289 e. The van der Waals surface area contributed by atoms with Gasteiger partial charge in [-0.25, -0.2) is 4.39 Å². The van der Waals surface area contributed by atoms with E-state index in [-0.39, 0.29) is 36.3 Å². The molecule has 0 bridgehead atoms. The Morgan fingerprint density at radius 2 is 2.03 bits per heavy atom. The summed E-state index contributed by atoms with van der Waals surface area (Å²) in [6, 6.07) is 6.20. The Morgan fingerprint density at radius 3 is 2.84 bits per heavy atom. The average Bonchev–Trinajstić information content (AvgIpc) is 2.79. The molecule has 2 unspecified atom stereocenters. The highest BCUT2D eigenvalue weighted by Gasteiger charge is 2.42. The number of nitrogens with one attached hydrogen (secondary N) is 1. The maximum absolute atomic E-state index is 14.1. The van der Waals surface area contributed by atoms with Crippen molar-refractivity contribution in [3.05, 3.63) is 53.1 Å². The van der Waals surface area contributed by atoms with Crippen LogP contribution in [-0.2, 0) is 14.3 Å². The molecule has 1 aliphatic heterocycles. The second-order valence-electron chi connectivity index (χ2n) is 8.68. The van der Waals surface area contributed by atoms with Crippen LogP contribution in [-0.4, -0.2) is 41.9 Å². The number of carbonyl (C=O) groups is 2. The van der Waals surface area contributed by atoms with Gasteiger partial charge in [0.05, 0.1) is 6.04 Å². The first-order chi connectivity index (χ1) is 15.1. The van der Waals surface area contributed by atoms with Crippen LogP contribution in [0.1, 0.15) is 63.4 Å². The van der Waals surface area contributed by atoms with Gasteiger partial charge in [-0.05, 0) is 63.5 Å². The number of hydrogen-bond acceptors (Lipinski definition) is 3. The number of morpholine rings is 1. The molecule has 0 aromatic heterocycles. The highest BCUT2D eigenvalue weighted by molar-refractivity contribution is 5.98. The van der Waals surface area contributed by atoms with Crippen LogP contribution >= 0.6 is 0 Å². The molecule has 1 aromatic carbocycles. The lowest BCUT2D eigenvalue weighted by molar-refractivity contribution is -0.151. The molecule has 166 valence electrons. The summed E-state index contributed by atoms with van der Waals surface area (Å²) in [6.07, 6.45) is 12.9. The van der Waals surface area contributed by atoms with E-state index in [1.165, 1.54) is 30.6 Å². The Balaban J connectivity index is 1.43. The molecule has 31 heavy (non-hydrogen) atoms. The van der Waals surface area contributed by atoms with Gasteiger partial charge < -0.3 is 15.0 Å². The fourth-order valence-electron chi connectivity index (χ4n) is 4.80. The van der Waals surface area contributed by atoms with Crippen LogP contribution < -0.4 is 5.32 Å². The minimum Gasteiger partial charge on any atom is -0.482 e. The van der Waals surface area contributed by atoms with Gasteiger partial charge in [-0.2, -0.15) is 0 Å². The Labute approximate surface area is 183 Å². The minimum atomic E-state index is -0.404. The van der Waals surface area contributed by atoms with E-state index in [1.807, 2.05) is 0 Å². The minimum absolute atomic E-state index is 0.0109. The van der Waals surface area contributed by atoms with Crippen LogP contribution in [0.5, 0.6) is 0 Å². The van der Waals surface area contributed by atoms with Crippen molar-refractivity contribution < 1.29 is 18.7 Å². The Hall–Kier alpha value is -2.63. The van der Waals surface area contributed by atoms with Crippen LogP contribution in [0, 0.1) is 5.82 Å². The van der Waals surface area contributed by atoms with Crippen molar-refractivity contribution >= 4 is 17.9 Å². The highest BCUT2D eigenvalue weighted by atomic mass is 19.1. The average molecular weight is 427 g/mol. The largest absolute Gasteiger partial charge is 0.482 e. The number of fused-ring (bicyclic) bond motifs is 1. The molecule has 1 saturated carbocycles. The molecule has 2 aliphatic carbocycles. The second-order valence-corrected chi connectivity index (χ2v) is 8.68. The molecule has 2 atom stereocenters. The van der Waals surface area contributed by atoms with Crippen molar-refractivity contribution in [2.24, 2.45) is 0 Å². The first-order valence-corrected chi connectivity index (χ1v) is 11.5. The number of carbonyl (C=O) groups excluding carboxylic acids is 2. The number of hydrogen-bond donors (Lipinski definition) is 1. The molecule has 2 amide bonds. The van der Waals surface area contributed by atoms with Gasteiger partial charge in [0, 0.05) is 12.1 Å². The van der Waals surface area contributed by atoms with Crippen LogP contribution in [0.3, 0.4) is 0 Å². The van der Waals surface area contributed by atoms with Gasteiger partial charge in [0.1, 0.15) is 18.5 Å². The fraction of sp³-hybridized carbons (Fsp3) is 0.520. The lowest BCUT2D eigenvalue weighted by Crippen LogP contribution is -2.57. The molecular formula is C25H31FN2O3. The van der Waals surface area contributed by atoms with Crippen LogP contribution in [0.25, 0.3) is 6.08 Å². The van der Waals surface area contributed by atoms with Crippen molar-refractivity contribution in [3.63, 3.8) is 0 Å². The maximum atomic E-state index is 14.1. The molecule has 1 saturated heterocycles. The van der Waals surface area contributed by atoms with Crippen LogP contribution in [0.2, 0.25) is 0 Å². The molecule has 0 radical (unpaired) electrons. The molecule has 5 nitrogen and oxygen atoms in total. The van der Waals surface area contributed by atoms with Gasteiger partial charge in [-0.15, -0.1) is 0 Å². The predicted molar refractivity (Wildman–Crippen MR) is 117 cm³/mol. The summed E-state index contributed by atoms with van der Waals surface area (Å²) in [7, 11) is 0. The van der Waals surface area contributed by atoms with Gasteiger partial charge in [0.2, 0.25) is 5.91 Å². The molecule has 2 fully saturated rings. The molecule has 0 spiro atoms. The monoisotopic (exact) mass is 426 g/mol. The lowest BCUT2D eigenvalue weighted by atomic mass is 9.89. The zero-order valence-corrected chi connectivity index (χ0v) is 17.9. The number of allylic oxidation sites excluding steroid dienone is 1. The number of amides is 2. The summed E-state index contributed by atoms with van der Waals surface area (Å²) in [5.74, 6) is -0.773. The Morgan fingerprint density at radius 1 is 1.19 bits per heavy atom. The van der Waals surface area contributed by atoms with Gasteiger partial charge in [0.15, 0.2) is 5.76 Å². The molecule has 6 heteroatoms. The first kappa shape index (κ1) is 21.6. The van der Waals surface area contributed by atoms with Crippen molar-refractivity contribution in [1.29, 1.82) is 0 Å². The summed E-state index contributed by atoms with van der Waals surface area (Å²) in [4.78, 5) is 27.5. The van der Waals surface area contributed by atoms with Crippen molar-refractivity contribution in [2.75, 3.05) is 13.1 Å². The van der Waals surface area contributed by atoms with Gasteiger partial charge >= 0.3 is 0 Å². The van der Waals surface area contributed by atoms with E-state index in [9.17, 15) is 14.0 Å². The molecule has 1 N–H and O–H groups in total. The van der Waals surface area contributed by atoms with E-state index >= 15 is 0 Å². The van der Waals surface area contributed by atoms with Crippen LogP contribution in [0.4, 0.5) is 4.39 Å². The fourth-order valence-corrected chi connectivity index (χ4v) is 4.80. The third-order valence-corrected chi connectivity index (χ3v) is 6.48. The van der Waals surface area contributed by atoms with E-state index < -0.39 is 5.82 Å². The van der Waals surface area contributed by atoms with E-state index in [1.54, 1.807) is 23.1 Å². The van der Waals surface area contributed by atoms with Gasteiger partial charge in [-0.1, -0.05) is 36.3 Å². The highest BCUT2D eigenvalue weighted by Crippen LogP contribution is 2.33. The third-order valence-electron chi connectivity index (χ3n) is 6.48. The third kappa shape index (κ3) is 5.35. The smallest absolute Gasteiger partial charge is 0.289 e. The summed E-state index contributed by atoms with van der Waals surface area (Å²) in [6.45, 7) is 0.603. The molecular weight excluding hydrogens is 395 g/mol. The number of rotatable bonds is 6. The quantitative estimate of drug-likeness (QED) is 0.544. The van der Waals surface area contributed by atoms with E-state index in [0.717, 1.165) is 44.9 Å². The van der Waals surface area contributed by atoms with Crippen LogP contribution in [0.15, 0.2) is 41.7 Å².